The molecule has 0 aromatic heterocycles. The van der Waals surface area contributed by atoms with Crippen LogP contribution in [0, 0.1) is 0 Å². The lowest BCUT2D eigenvalue weighted by atomic mass is 9.99. The quantitative estimate of drug-likeness (QED) is 0.0195. The van der Waals surface area contributed by atoms with Crippen molar-refractivity contribution in [2.45, 2.75) is 461 Å². The SMILES string of the molecule is CCCCCCCCC/C=C\CCCCCCCCCC(=O)OCCCCCCCCCCCCCCCCCCCCCCCCCCCCCCCCCCCCCCCC(=O)NC(COC1OC(CO)C(O)C(O)C1O)C(O)/C=C/CCCCCCCCC. The Morgan fingerprint density at radius 1 is 0.391 bits per heavy atom. The first kappa shape index (κ1) is 88.2. The molecule has 0 radical (unpaired) electrons. The average molecular weight is 1300 g/mol. The van der Waals surface area contributed by atoms with Gasteiger partial charge in [0.2, 0.25) is 5.91 Å². The summed E-state index contributed by atoms with van der Waals surface area (Å²) < 4.78 is 16.8. The van der Waals surface area contributed by atoms with Crippen LogP contribution in [0.5, 0.6) is 0 Å². The Bertz CT molecular complexity index is 1580. The van der Waals surface area contributed by atoms with E-state index >= 15 is 0 Å². The number of nitrogens with one attached hydrogen (secondary N) is 1. The first-order valence-electron chi connectivity index (χ1n) is 40.6. The maximum absolute atomic E-state index is 13.0. The van der Waals surface area contributed by atoms with Gasteiger partial charge in [-0.3, -0.25) is 9.59 Å². The summed E-state index contributed by atoms with van der Waals surface area (Å²) in [5.41, 5.74) is 0. The highest BCUT2D eigenvalue weighted by atomic mass is 16.7. The Balaban J connectivity index is 1.83. The highest BCUT2D eigenvalue weighted by Crippen LogP contribution is 2.24. The van der Waals surface area contributed by atoms with Gasteiger partial charge in [0.1, 0.15) is 24.4 Å². The van der Waals surface area contributed by atoms with Gasteiger partial charge in [-0.1, -0.05) is 372 Å². The van der Waals surface area contributed by atoms with Gasteiger partial charge in [-0.25, -0.2) is 0 Å². The fourth-order valence-corrected chi connectivity index (χ4v) is 13.2. The van der Waals surface area contributed by atoms with E-state index in [0.29, 0.717) is 19.4 Å². The number of rotatable bonds is 73. The van der Waals surface area contributed by atoms with Gasteiger partial charge in [0.25, 0.3) is 0 Å². The first-order valence-corrected chi connectivity index (χ1v) is 40.6. The molecule has 1 heterocycles. The fraction of sp³-hybridized carbons (Fsp3) is 0.926. The molecule has 0 aliphatic carbocycles. The summed E-state index contributed by atoms with van der Waals surface area (Å²) in [5, 5.41) is 54.4. The Labute approximate surface area is 569 Å². The number of carbonyl (C=O) groups excluding carboxylic acids is 2. The number of amides is 1. The van der Waals surface area contributed by atoms with E-state index in [-0.39, 0.29) is 18.5 Å². The molecule has 11 heteroatoms. The van der Waals surface area contributed by atoms with Crippen molar-refractivity contribution in [3.05, 3.63) is 24.3 Å². The number of aliphatic hydroxyl groups excluding tert-OH is 5. The summed E-state index contributed by atoms with van der Waals surface area (Å²) in [6.07, 6.45) is 81.0. The normalized spacial score (nSPS) is 17.6. The first-order chi connectivity index (χ1) is 45.2. The predicted octanol–water partition coefficient (Wildman–Crippen LogP) is 21.9. The molecule has 1 aliphatic heterocycles. The molecule has 1 aliphatic rings. The Hall–Kier alpha value is -1.86. The average Bonchev–Trinajstić information content (AvgIpc) is 1.07. The van der Waals surface area contributed by atoms with E-state index in [9.17, 15) is 35.1 Å². The smallest absolute Gasteiger partial charge is 0.305 e. The number of hydrogen-bond donors (Lipinski definition) is 6. The van der Waals surface area contributed by atoms with Crippen LogP contribution < -0.4 is 5.32 Å². The molecule has 1 rings (SSSR count). The van der Waals surface area contributed by atoms with Crippen LogP contribution in [0.25, 0.3) is 0 Å². The maximum Gasteiger partial charge on any atom is 0.305 e. The van der Waals surface area contributed by atoms with Crippen LogP contribution in [0.15, 0.2) is 24.3 Å². The third-order valence-electron chi connectivity index (χ3n) is 19.6. The van der Waals surface area contributed by atoms with E-state index in [4.69, 9.17) is 14.2 Å². The van der Waals surface area contributed by atoms with Crippen molar-refractivity contribution in [2.24, 2.45) is 0 Å². The van der Waals surface area contributed by atoms with Crippen molar-refractivity contribution < 1.29 is 49.3 Å². The zero-order valence-electron chi connectivity index (χ0n) is 60.8. The Kier molecular flexibility index (Phi) is 67.5. The predicted molar refractivity (Wildman–Crippen MR) is 389 cm³/mol. The van der Waals surface area contributed by atoms with Crippen molar-refractivity contribution in [2.75, 3.05) is 19.8 Å². The fourth-order valence-electron chi connectivity index (χ4n) is 13.2. The summed E-state index contributed by atoms with van der Waals surface area (Å²) in [6.45, 7) is 4.37. The molecule has 11 nitrogen and oxygen atoms in total. The molecule has 0 spiro atoms. The topological polar surface area (TPSA) is 175 Å². The van der Waals surface area contributed by atoms with Crippen molar-refractivity contribution in [3.8, 4) is 0 Å². The highest BCUT2D eigenvalue weighted by molar-refractivity contribution is 5.76. The molecule has 0 aromatic carbocycles. The number of aliphatic hydroxyl groups is 5. The lowest BCUT2D eigenvalue weighted by molar-refractivity contribution is -0.302. The van der Waals surface area contributed by atoms with Crippen LogP contribution in [0.2, 0.25) is 0 Å². The van der Waals surface area contributed by atoms with Crippen LogP contribution in [0.4, 0.5) is 0 Å². The van der Waals surface area contributed by atoms with E-state index in [1.807, 2.05) is 6.08 Å². The minimum absolute atomic E-state index is 0.0152. The van der Waals surface area contributed by atoms with Crippen LogP contribution in [-0.2, 0) is 23.8 Å². The second-order valence-electron chi connectivity index (χ2n) is 28.5. The van der Waals surface area contributed by atoms with Gasteiger partial charge in [0.05, 0.1) is 32.0 Å². The van der Waals surface area contributed by atoms with E-state index in [0.717, 1.165) is 57.8 Å². The number of carbonyl (C=O) groups is 2. The van der Waals surface area contributed by atoms with Crippen LogP contribution in [0.3, 0.4) is 0 Å². The molecular formula is C81H155NO10. The second kappa shape index (κ2) is 70.5. The lowest BCUT2D eigenvalue weighted by Gasteiger charge is -2.40. The Morgan fingerprint density at radius 2 is 0.696 bits per heavy atom. The second-order valence-corrected chi connectivity index (χ2v) is 28.5. The van der Waals surface area contributed by atoms with Crippen molar-refractivity contribution in [1.82, 2.24) is 5.32 Å². The zero-order valence-corrected chi connectivity index (χ0v) is 60.8. The largest absolute Gasteiger partial charge is 0.466 e. The Morgan fingerprint density at radius 3 is 1.04 bits per heavy atom. The van der Waals surface area contributed by atoms with E-state index in [1.165, 1.54) is 334 Å². The minimum Gasteiger partial charge on any atom is -0.466 e. The molecule has 1 amide bonds. The molecule has 1 saturated heterocycles. The molecule has 1 fully saturated rings. The molecule has 7 atom stereocenters. The standard InChI is InChI=1S/C81H155NO10/c1-3-5-7-9-11-13-14-15-16-17-40-43-46-49-53-57-61-65-69-77(86)90-70-66-62-58-54-50-47-44-41-38-36-34-32-30-28-26-24-22-20-18-19-21-23-25-27-29-31-33-35-37-39-42-45-48-52-56-60-64-68-76(85)82-73(74(84)67-63-59-55-51-12-10-8-6-4-2)72-91-81-80(89)79(88)78(87)75(71-83)92-81/h16-17,63,67,73-75,78-81,83-84,87-89H,3-15,18-62,64-66,68-72H2,1-2H3,(H,82,85)/b17-16-,67-63+. The summed E-state index contributed by atoms with van der Waals surface area (Å²) in [5.74, 6) is -0.161. The van der Waals surface area contributed by atoms with Gasteiger partial charge in [0, 0.05) is 12.8 Å². The number of ether oxygens (including phenoxy) is 3. The number of unbranched alkanes of at least 4 members (excludes halogenated alkanes) is 57. The van der Waals surface area contributed by atoms with Gasteiger partial charge in [0.15, 0.2) is 6.29 Å². The third kappa shape index (κ3) is 58.3. The van der Waals surface area contributed by atoms with Crippen LogP contribution in [-0.4, -0.2) is 100 Å². The molecule has 0 aromatic rings. The molecule has 0 saturated carbocycles. The van der Waals surface area contributed by atoms with Crippen LogP contribution in [0.1, 0.15) is 418 Å². The minimum atomic E-state index is -1.57. The molecule has 92 heavy (non-hydrogen) atoms. The summed E-state index contributed by atoms with van der Waals surface area (Å²) >= 11 is 0. The number of esters is 1. The molecule has 6 N–H and O–H groups in total. The number of allylic oxidation sites excluding steroid dienone is 3. The van der Waals surface area contributed by atoms with E-state index < -0.39 is 49.5 Å². The van der Waals surface area contributed by atoms with E-state index in [2.05, 4.69) is 31.3 Å². The number of hydrogen-bond acceptors (Lipinski definition) is 10. The van der Waals surface area contributed by atoms with E-state index in [1.54, 1.807) is 6.08 Å². The summed E-state index contributed by atoms with van der Waals surface area (Å²) in [6, 6.07) is -0.804. The lowest BCUT2D eigenvalue weighted by Crippen LogP contribution is -2.60. The molecule has 7 unspecified atom stereocenters. The molecular weight excluding hydrogens is 1150 g/mol. The zero-order chi connectivity index (χ0) is 66.5. The summed E-state index contributed by atoms with van der Waals surface area (Å²) in [7, 11) is 0. The van der Waals surface area contributed by atoms with Crippen molar-refractivity contribution in [3.63, 3.8) is 0 Å². The maximum atomic E-state index is 13.0. The van der Waals surface area contributed by atoms with Crippen LogP contribution >= 0.6 is 0 Å². The van der Waals surface area contributed by atoms with Gasteiger partial charge in [-0.05, 0) is 57.8 Å². The van der Waals surface area contributed by atoms with Gasteiger partial charge < -0.3 is 45.1 Å². The summed E-state index contributed by atoms with van der Waals surface area (Å²) in [4.78, 5) is 25.2. The van der Waals surface area contributed by atoms with Crippen molar-refractivity contribution >= 4 is 11.9 Å². The van der Waals surface area contributed by atoms with Gasteiger partial charge in [-0.15, -0.1) is 0 Å². The molecule has 544 valence electrons. The monoisotopic (exact) mass is 1300 g/mol. The highest BCUT2D eigenvalue weighted by Gasteiger charge is 2.44. The van der Waals surface area contributed by atoms with Gasteiger partial charge in [-0.2, -0.15) is 0 Å². The van der Waals surface area contributed by atoms with Crippen molar-refractivity contribution in [1.29, 1.82) is 0 Å². The third-order valence-corrected chi connectivity index (χ3v) is 19.6. The molecule has 0 bridgehead atoms. The van der Waals surface area contributed by atoms with Gasteiger partial charge >= 0.3 is 5.97 Å².